The summed E-state index contributed by atoms with van der Waals surface area (Å²) >= 11 is 0. The van der Waals surface area contributed by atoms with Crippen molar-refractivity contribution in [2.24, 2.45) is 0 Å². The van der Waals surface area contributed by atoms with E-state index in [-0.39, 0.29) is 27.9 Å². The van der Waals surface area contributed by atoms with Gasteiger partial charge in [-0.2, -0.15) is 6.54 Å². The molecule has 3 nitrogen and oxygen atoms in total. The maximum atomic E-state index is 6.45. The summed E-state index contributed by atoms with van der Waals surface area (Å²) in [7, 11) is -2.46. The second kappa shape index (κ2) is 18.4. The number of hydrogen-bond acceptors (Lipinski definition) is 0. The zero-order valence-electron chi connectivity index (χ0n) is 22.4. The molecule has 0 aromatic heterocycles. The molecule has 0 saturated carbocycles. The molecular weight excluding hydrogens is 433 g/mol. The largest absolute Gasteiger partial charge is 3.00 e. The monoisotopic (exact) mass is 489 g/mol. The molecule has 0 unspecified atom stereocenters. The standard InChI is InChI=1S/2C10H24NSi.C3H8N.Co/c2*1-7-12(8-2,9-3)11-10(4,5)6;1-2-3-4;/h2*7-9H2,1-6H3;4H,2-3H2,1H3;/q3*-1;+3. The molecule has 0 aliphatic rings. The quantitative estimate of drug-likeness (QED) is 0.289. The van der Waals surface area contributed by atoms with Crippen LogP contribution in [0.4, 0.5) is 0 Å². The van der Waals surface area contributed by atoms with Crippen LogP contribution in [0.3, 0.4) is 0 Å². The summed E-state index contributed by atoms with van der Waals surface area (Å²) in [5.74, 6) is 0. The zero-order valence-corrected chi connectivity index (χ0v) is 25.4. The molecule has 6 heteroatoms. The molecular formula is C23H56CoN3Si2. The molecule has 1 N–H and O–H groups in total. The molecule has 0 rings (SSSR count). The summed E-state index contributed by atoms with van der Waals surface area (Å²) in [6.45, 7) is 29.7. The Morgan fingerprint density at radius 1 is 0.552 bits per heavy atom. The fourth-order valence-corrected chi connectivity index (χ4v) is 10.2. The van der Waals surface area contributed by atoms with E-state index in [9.17, 15) is 0 Å². The van der Waals surface area contributed by atoms with E-state index in [2.05, 4.69) is 83.1 Å². The fraction of sp³-hybridized carbons (Fsp3) is 1.00. The molecule has 0 heterocycles. The van der Waals surface area contributed by atoms with E-state index >= 15 is 0 Å². The molecule has 0 bridgehead atoms. The predicted molar refractivity (Wildman–Crippen MR) is 140 cm³/mol. The van der Waals surface area contributed by atoms with Crippen molar-refractivity contribution in [3.05, 3.63) is 15.7 Å². The van der Waals surface area contributed by atoms with Crippen LogP contribution in [0.15, 0.2) is 0 Å². The van der Waals surface area contributed by atoms with Gasteiger partial charge in [-0.05, 0) is 0 Å². The van der Waals surface area contributed by atoms with Crippen molar-refractivity contribution in [1.29, 1.82) is 0 Å². The molecule has 29 heavy (non-hydrogen) atoms. The van der Waals surface area contributed by atoms with Crippen molar-refractivity contribution in [3.63, 3.8) is 0 Å². The number of nitrogens with one attached hydrogen (secondary N) is 1. The van der Waals surface area contributed by atoms with E-state index in [0.29, 0.717) is 6.54 Å². The summed E-state index contributed by atoms with van der Waals surface area (Å²) in [6, 6.07) is 7.82. The summed E-state index contributed by atoms with van der Waals surface area (Å²) in [4.78, 5) is 10.1. The zero-order chi connectivity index (χ0) is 23.1. The van der Waals surface area contributed by atoms with Crippen molar-refractivity contribution < 1.29 is 16.8 Å². The Morgan fingerprint density at radius 3 is 0.759 bits per heavy atom. The van der Waals surface area contributed by atoms with Crippen LogP contribution in [0.1, 0.15) is 96.4 Å². The molecule has 0 radical (unpaired) electrons. The Kier molecular flexibility index (Phi) is 23.6. The molecule has 0 saturated heterocycles. The molecule has 0 aromatic rings. The summed E-state index contributed by atoms with van der Waals surface area (Å²) in [5.41, 5.74) is 6.80. The van der Waals surface area contributed by atoms with Gasteiger partial charge in [0.15, 0.2) is 0 Å². The Balaban J connectivity index is -0.000000177. The van der Waals surface area contributed by atoms with Crippen LogP contribution in [-0.4, -0.2) is 34.1 Å². The van der Waals surface area contributed by atoms with Gasteiger partial charge in [0.05, 0.1) is 0 Å². The molecule has 0 spiro atoms. The molecule has 0 amide bonds. The van der Waals surface area contributed by atoms with Crippen molar-refractivity contribution in [2.45, 2.75) is 144 Å². The number of rotatable bonds is 9. The Labute approximate surface area is 198 Å². The average molecular weight is 490 g/mol. The number of hydrogen-bond donors (Lipinski definition) is 0. The van der Waals surface area contributed by atoms with Crippen LogP contribution in [0.5, 0.6) is 0 Å². The molecule has 0 aromatic carbocycles. The van der Waals surface area contributed by atoms with E-state index in [1.54, 1.807) is 0 Å². The first-order valence-electron chi connectivity index (χ1n) is 11.8. The van der Waals surface area contributed by atoms with Crippen LogP contribution in [0.25, 0.3) is 15.7 Å². The Bertz CT molecular complexity index is 294. The van der Waals surface area contributed by atoms with Gasteiger partial charge in [0, 0.05) is 0 Å². The van der Waals surface area contributed by atoms with E-state index in [0.717, 1.165) is 6.42 Å². The smallest absolute Gasteiger partial charge is 0.677 e. The third-order valence-corrected chi connectivity index (χ3v) is 15.5. The van der Waals surface area contributed by atoms with Gasteiger partial charge in [0.1, 0.15) is 0 Å². The summed E-state index contributed by atoms with van der Waals surface area (Å²) in [6.07, 6.45) is 0.986. The van der Waals surface area contributed by atoms with E-state index in [4.69, 9.17) is 15.7 Å². The van der Waals surface area contributed by atoms with Crippen molar-refractivity contribution >= 4 is 16.5 Å². The number of nitrogens with zero attached hydrogens (tertiary/aromatic N) is 2. The Morgan fingerprint density at radius 2 is 0.724 bits per heavy atom. The van der Waals surface area contributed by atoms with Gasteiger partial charge >= 0.3 is 16.8 Å². The first-order valence-corrected chi connectivity index (χ1v) is 17.0. The molecule has 180 valence electrons. The minimum Gasteiger partial charge on any atom is -0.677 e. The van der Waals surface area contributed by atoms with Gasteiger partial charge in [0.2, 0.25) is 0 Å². The second-order valence-electron chi connectivity index (χ2n) is 9.89. The average Bonchev–Trinajstić information content (AvgIpc) is 2.63. The normalized spacial score (nSPS) is 12.2. The maximum absolute atomic E-state index is 6.45. The van der Waals surface area contributed by atoms with E-state index < -0.39 is 16.5 Å². The van der Waals surface area contributed by atoms with Gasteiger partial charge < -0.3 is 15.7 Å². The summed E-state index contributed by atoms with van der Waals surface area (Å²) in [5, 5.41) is 0. The van der Waals surface area contributed by atoms with Crippen LogP contribution >= 0.6 is 0 Å². The molecule has 0 atom stereocenters. The topological polar surface area (TPSA) is 52.0 Å². The first-order chi connectivity index (χ1) is 12.7. The van der Waals surface area contributed by atoms with Crippen LogP contribution in [0, 0.1) is 0 Å². The third kappa shape index (κ3) is 20.5. The fourth-order valence-electron chi connectivity index (χ4n) is 3.40. The van der Waals surface area contributed by atoms with Gasteiger partial charge in [-0.3, -0.25) is 0 Å². The maximum Gasteiger partial charge on any atom is 3.00 e. The first kappa shape index (κ1) is 37.2. The van der Waals surface area contributed by atoms with Gasteiger partial charge in [-0.15, -0.1) is 11.1 Å². The Hall–Kier alpha value is 0.820. The SMILES string of the molecule is CCC[NH-].CC[Si](CC)(CC)[N-]C(C)(C)C.CC[Si](CC)(CC)[N-]C(C)(C)C.[Co+3]. The van der Waals surface area contributed by atoms with Crippen molar-refractivity contribution in [2.75, 3.05) is 6.54 Å². The van der Waals surface area contributed by atoms with Gasteiger partial charge in [0.25, 0.3) is 0 Å². The summed E-state index contributed by atoms with van der Waals surface area (Å²) < 4.78 is 0. The van der Waals surface area contributed by atoms with Crippen LogP contribution in [-0.2, 0) is 16.8 Å². The van der Waals surface area contributed by atoms with Gasteiger partial charge in [-0.25, -0.2) is 0 Å². The minimum atomic E-state index is -1.23. The van der Waals surface area contributed by atoms with Crippen molar-refractivity contribution in [3.8, 4) is 0 Å². The van der Waals surface area contributed by atoms with Crippen LogP contribution in [0.2, 0.25) is 36.3 Å². The molecule has 0 aliphatic heterocycles. The van der Waals surface area contributed by atoms with Gasteiger partial charge in [-0.1, -0.05) is 149 Å². The third-order valence-electron chi connectivity index (χ3n) is 5.34. The minimum absolute atomic E-state index is 0. The predicted octanol–water partition coefficient (Wildman–Crippen LogP) is 9.77. The van der Waals surface area contributed by atoms with E-state index in [1.807, 2.05) is 6.92 Å². The second-order valence-corrected chi connectivity index (χ2v) is 19.5. The molecule has 0 fully saturated rings. The van der Waals surface area contributed by atoms with Crippen LogP contribution < -0.4 is 0 Å². The van der Waals surface area contributed by atoms with Crippen molar-refractivity contribution in [1.82, 2.24) is 0 Å². The van der Waals surface area contributed by atoms with E-state index in [1.165, 1.54) is 36.3 Å². The molecule has 0 aliphatic carbocycles.